The average molecular weight is 599 g/mol. The molecule has 0 aromatic heterocycles. The van der Waals surface area contributed by atoms with Crippen molar-refractivity contribution < 1.29 is 45.4 Å². The highest BCUT2D eigenvalue weighted by molar-refractivity contribution is 5.70. The zero-order valence-corrected chi connectivity index (χ0v) is 23.6. The molecule has 0 aliphatic heterocycles. The molecule has 2 aliphatic rings. The lowest BCUT2D eigenvalue weighted by Crippen LogP contribution is -2.24. The zero-order chi connectivity index (χ0) is 30.4. The second-order valence-electron chi connectivity index (χ2n) is 11.7. The van der Waals surface area contributed by atoms with Crippen LogP contribution in [0.15, 0.2) is 24.3 Å². The second-order valence-corrected chi connectivity index (χ2v) is 11.7. The molecule has 0 heterocycles. The van der Waals surface area contributed by atoms with Crippen LogP contribution in [0.3, 0.4) is 0 Å². The Morgan fingerprint density at radius 1 is 0.619 bits per heavy atom. The molecular formula is C32H36F6O4. The van der Waals surface area contributed by atoms with Gasteiger partial charge in [-0.25, -0.2) is 26.3 Å². The van der Waals surface area contributed by atoms with Gasteiger partial charge >= 0.3 is 11.9 Å². The highest BCUT2D eigenvalue weighted by Gasteiger charge is 2.28. The molecule has 4 rings (SSSR count). The van der Waals surface area contributed by atoms with Crippen molar-refractivity contribution in [3.05, 3.63) is 70.3 Å². The van der Waals surface area contributed by atoms with Gasteiger partial charge in [0.05, 0.1) is 0 Å². The molecule has 4 nitrogen and oxygen atoms in total. The molecule has 0 bridgehead atoms. The average Bonchev–Trinajstić information content (AvgIpc) is 2.97. The van der Waals surface area contributed by atoms with E-state index in [0.29, 0.717) is 75.3 Å². The van der Waals surface area contributed by atoms with E-state index in [1.807, 2.05) is 6.92 Å². The lowest BCUT2D eigenvalue weighted by molar-refractivity contribution is -0.151. The van der Waals surface area contributed by atoms with Crippen LogP contribution in [0.2, 0.25) is 0 Å². The summed E-state index contributed by atoms with van der Waals surface area (Å²) < 4.78 is 91.8. The van der Waals surface area contributed by atoms with Crippen LogP contribution in [0.25, 0.3) is 0 Å². The maximum Gasteiger partial charge on any atom is 0.306 e. The summed E-state index contributed by atoms with van der Waals surface area (Å²) in [6, 6.07) is 4.11. The fraction of sp³-hybridized carbons (Fsp3) is 0.562. The Morgan fingerprint density at radius 3 is 1.24 bits per heavy atom. The second kappa shape index (κ2) is 14.4. The molecule has 0 spiro atoms. The first-order valence-corrected chi connectivity index (χ1v) is 14.7. The fourth-order valence-electron chi connectivity index (χ4n) is 6.01. The molecule has 0 amide bonds. The van der Waals surface area contributed by atoms with Crippen molar-refractivity contribution in [3.63, 3.8) is 0 Å². The lowest BCUT2D eigenvalue weighted by atomic mass is 9.82. The number of carbonyl (C=O) groups excluding carboxylic acids is 2. The molecule has 0 unspecified atom stereocenters. The van der Waals surface area contributed by atoms with Gasteiger partial charge in [0.2, 0.25) is 0 Å². The Balaban J connectivity index is 1.09. The van der Waals surface area contributed by atoms with Crippen LogP contribution < -0.4 is 0 Å². The molecule has 2 aromatic carbocycles. The Morgan fingerprint density at radius 2 is 0.929 bits per heavy atom. The molecule has 2 saturated carbocycles. The number of benzene rings is 2. The van der Waals surface area contributed by atoms with Crippen molar-refractivity contribution in [2.24, 2.45) is 5.92 Å². The molecular weight excluding hydrogens is 562 g/mol. The molecule has 0 saturated heterocycles. The van der Waals surface area contributed by atoms with Crippen molar-refractivity contribution in [1.29, 1.82) is 0 Å². The highest BCUT2D eigenvalue weighted by atomic mass is 19.2. The Labute approximate surface area is 241 Å². The van der Waals surface area contributed by atoms with E-state index >= 15 is 0 Å². The van der Waals surface area contributed by atoms with Crippen LogP contribution in [-0.4, -0.2) is 24.1 Å². The number of carbonyl (C=O) groups is 2. The zero-order valence-electron chi connectivity index (χ0n) is 23.6. The van der Waals surface area contributed by atoms with Gasteiger partial charge in [-0.2, -0.15) is 0 Å². The van der Waals surface area contributed by atoms with E-state index < -0.39 is 34.9 Å². The Kier molecular flexibility index (Phi) is 11.0. The summed E-state index contributed by atoms with van der Waals surface area (Å²) in [6.45, 7) is 1.94. The van der Waals surface area contributed by atoms with Crippen LogP contribution in [0.4, 0.5) is 26.3 Å². The summed E-state index contributed by atoms with van der Waals surface area (Å²) in [5, 5.41) is 0. The van der Waals surface area contributed by atoms with Crippen LogP contribution in [0.5, 0.6) is 0 Å². The van der Waals surface area contributed by atoms with Crippen molar-refractivity contribution in [3.8, 4) is 0 Å². The van der Waals surface area contributed by atoms with Crippen LogP contribution in [0, 0.1) is 40.8 Å². The van der Waals surface area contributed by atoms with Crippen LogP contribution in [0.1, 0.15) is 107 Å². The third kappa shape index (κ3) is 8.51. The number of rotatable bonds is 10. The smallest absolute Gasteiger partial charge is 0.306 e. The summed E-state index contributed by atoms with van der Waals surface area (Å²) in [4.78, 5) is 24.7. The summed E-state index contributed by atoms with van der Waals surface area (Å²) >= 11 is 0. The molecule has 230 valence electrons. The van der Waals surface area contributed by atoms with E-state index in [-0.39, 0.29) is 54.7 Å². The summed E-state index contributed by atoms with van der Waals surface area (Å²) in [5.74, 6) is -8.59. The molecule has 42 heavy (non-hydrogen) atoms. The third-order valence-corrected chi connectivity index (χ3v) is 8.58. The van der Waals surface area contributed by atoms with E-state index in [1.165, 1.54) is 0 Å². The lowest BCUT2D eigenvalue weighted by Gasteiger charge is -2.29. The van der Waals surface area contributed by atoms with Gasteiger partial charge in [0, 0.05) is 12.8 Å². The van der Waals surface area contributed by atoms with Crippen LogP contribution >= 0.6 is 0 Å². The van der Waals surface area contributed by atoms with E-state index in [0.717, 1.165) is 24.3 Å². The number of ether oxygens (including phenoxy) is 2. The fourth-order valence-corrected chi connectivity index (χ4v) is 6.01. The molecule has 0 N–H and O–H groups in total. The van der Waals surface area contributed by atoms with Crippen molar-refractivity contribution in [2.45, 2.75) is 108 Å². The monoisotopic (exact) mass is 598 g/mol. The molecule has 0 radical (unpaired) electrons. The molecule has 2 fully saturated rings. The minimum Gasteiger partial charge on any atom is -0.462 e. The van der Waals surface area contributed by atoms with E-state index in [4.69, 9.17) is 9.47 Å². The van der Waals surface area contributed by atoms with E-state index in [9.17, 15) is 35.9 Å². The Hall–Kier alpha value is -3.04. The minimum absolute atomic E-state index is 0.0862. The van der Waals surface area contributed by atoms with Gasteiger partial charge in [-0.3, -0.25) is 9.59 Å². The molecule has 2 aromatic rings. The number of hydrogen-bond donors (Lipinski definition) is 0. The molecule has 0 atom stereocenters. The van der Waals surface area contributed by atoms with Crippen LogP contribution in [-0.2, 0) is 19.1 Å². The summed E-state index contributed by atoms with van der Waals surface area (Å²) in [6.07, 6.45) is 5.48. The van der Waals surface area contributed by atoms with Crippen molar-refractivity contribution in [1.82, 2.24) is 0 Å². The first kappa shape index (κ1) is 31.9. The Bertz CT molecular complexity index is 1110. The van der Waals surface area contributed by atoms with Gasteiger partial charge in [0.25, 0.3) is 0 Å². The normalized spacial score (nSPS) is 23.3. The standard InChI is InChI=1S/C32H36F6O4/c1-18(2-12-29(39)41-23-8-4-19(5-9-23)21-14-25(33)31(37)26(34)15-21)3-13-30(40)42-24-10-6-20(7-11-24)22-16-27(35)32(38)28(36)17-22/h14-20,23-24H,2-13H2,1H3. The maximum atomic E-state index is 13.6. The molecule has 10 heteroatoms. The topological polar surface area (TPSA) is 52.6 Å². The van der Waals surface area contributed by atoms with Gasteiger partial charge in [-0.1, -0.05) is 6.92 Å². The SMILES string of the molecule is CC(CCC(=O)OC1CCC(c2cc(F)c(F)c(F)c2)CC1)CCC(=O)OC1CCC(c2cc(F)c(F)c(F)c2)CC1. The number of esters is 2. The number of halogens is 6. The summed E-state index contributed by atoms with van der Waals surface area (Å²) in [7, 11) is 0. The quantitative estimate of drug-likeness (QED) is 0.156. The largest absolute Gasteiger partial charge is 0.462 e. The van der Waals surface area contributed by atoms with Gasteiger partial charge in [-0.05, 0) is 117 Å². The van der Waals surface area contributed by atoms with Crippen molar-refractivity contribution in [2.75, 3.05) is 0 Å². The van der Waals surface area contributed by atoms with Gasteiger partial charge in [-0.15, -0.1) is 0 Å². The maximum absolute atomic E-state index is 13.6. The highest BCUT2D eigenvalue weighted by Crippen LogP contribution is 2.36. The van der Waals surface area contributed by atoms with Gasteiger partial charge in [0.1, 0.15) is 12.2 Å². The predicted octanol–water partition coefficient (Wildman–Crippen LogP) is 8.56. The van der Waals surface area contributed by atoms with E-state index in [2.05, 4.69) is 0 Å². The first-order chi connectivity index (χ1) is 20.0. The number of hydrogen-bond acceptors (Lipinski definition) is 4. The summed E-state index contributed by atoms with van der Waals surface area (Å²) in [5.41, 5.74) is 0.823. The first-order valence-electron chi connectivity index (χ1n) is 14.7. The minimum atomic E-state index is -1.48. The third-order valence-electron chi connectivity index (χ3n) is 8.58. The molecule has 2 aliphatic carbocycles. The van der Waals surface area contributed by atoms with Gasteiger partial charge in [0.15, 0.2) is 34.9 Å². The van der Waals surface area contributed by atoms with Gasteiger partial charge < -0.3 is 9.47 Å². The predicted molar refractivity (Wildman–Crippen MR) is 142 cm³/mol. The van der Waals surface area contributed by atoms with E-state index in [1.54, 1.807) is 0 Å². The van der Waals surface area contributed by atoms with Crippen molar-refractivity contribution >= 4 is 11.9 Å².